The topological polar surface area (TPSA) is 41.0 Å². The summed E-state index contributed by atoms with van der Waals surface area (Å²) in [6, 6.07) is 3.62. The van der Waals surface area contributed by atoms with Crippen molar-refractivity contribution in [2.24, 2.45) is 5.92 Å². The Morgan fingerprint density at radius 2 is 2.38 bits per heavy atom. The Bertz CT molecular complexity index is 327. The van der Waals surface area contributed by atoms with Gasteiger partial charge in [0.2, 0.25) is 0 Å². The van der Waals surface area contributed by atoms with Gasteiger partial charge in [0.05, 0.1) is 0 Å². The Morgan fingerprint density at radius 3 is 3.06 bits per heavy atom. The predicted molar refractivity (Wildman–Crippen MR) is 65.8 cm³/mol. The lowest BCUT2D eigenvalue weighted by Crippen LogP contribution is -2.35. The van der Waals surface area contributed by atoms with Gasteiger partial charge < -0.3 is 10.2 Å². The summed E-state index contributed by atoms with van der Waals surface area (Å²) >= 11 is 5.67. The van der Waals surface area contributed by atoms with Crippen LogP contribution in [-0.4, -0.2) is 41.8 Å². The van der Waals surface area contributed by atoms with Crippen LogP contribution in [0.1, 0.15) is 12.8 Å². The Kier molecular flexibility index (Phi) is 3.96. The molecule has 1 aromatic rings. The van der Waals surface area contributed by atoms with Crippen molar-refractivity contribution in [1.29, 1.82) is 0 Å². The number of hydrogen-bond acceptors (Lipinski definition) is 4. The fraction of sp³-hybridized carbons (Fsp3) is 0.636. The number of piperidine rings is 1. The molecule has 0 bridgehead atoms. The monoisotopic (exact) mass is 240 g/mol. The van der Waals surface area contributed by atoms with E-state index in [9.17, 15) is 0 Å². The summed E-state index contributed by atoms with van der Waals surface area (Å²) in [6.45, 7) is 3.34. The molecular formula is C11H17ClN4. The number of anilines is 1. The van der Waals surface area contributed by atoms with Crippen molar-refractivity contribution in [3.05, 3.63) is 17.3 Å². The summed E-state index contributed by atoms with van der Waals surface area (Å²) in [5.41, 5.74) is 0. The highest BCUT2D eigenvalue weighted by atomic mass is 35.5. The minimum atomic E-state index is 0.433. The Labute approximate surface area is 101 Å². The molecule has 1 aliphatic heterocycles. The van der Waals surface area contributed by atoms with Gasteiger partial charge in [0, 0.05) is 13.1 Å². The highest BCUT2D eigenvalue weighted by Gasteiger charge is 2.16. The highest BCUT2D eigenvalue weighted by molar-refractivity contribution is 6.29. The lowest BCUT2D eigenvalue weighted by atomic mass is 9.98. The largest absolute Gasteiger partial charge is 0.368 e. The molecule has 0 aliphatic carbocycles. The van der Waals surface area contributed by atoms with Crippen molar-refractivity contribution in [3.63, 3.8) is 0 Å². The third kappa shape index (κ3) is 3.32. The first-order valence-corrected chi connectivity index (χ1v) is 6.03. The van der Waals surface area contributed by atoms with Crippen molar-refractivity contribution in [3.8, 4) is 0 Å². The summed E-state index contributed by atoms with van der Waals surface area (Å²) < 4.78 is 0. The molecule has 88 valence electrons. The first-order valence-electron chi connectivity index (χ1n) is 5.65. The van der Waals surface area contributed by atoms with Gasteiger partial charge in [-0.2, -0.15) is 0 Å². The molecule has 1 N–H and O–H groups in total. The zero-order valence-electron chi connectivity index (χ0n) is 9.49. The first kappa shape index (κ1) is 11.6. The highest BCUT2D eigenvalue weighted by Crippen LogP contribution is 2.15. The fourth-order valence-electron chi connectivity index (χ4n) is 2.10. The summed E-state index contributed by atoms with van der Waals surface area (Å²) in [5.74, 6) is 1.51. The van der Waals surface area contributed by atoms with Crippen molar-refractivity contribution < 1.29 is 0 Å². The van der Waals surface area contributed by atoms with Crippen LogP contribution in [-0.2, 0) is 0 Å². The van der Waals surface area contributed by atoms with E-state index >= 15 is 0 Å². The molecule has 16 heavy (non-hydrogen) atoms. The van der Waals surface area contributed by atoms with Gasteiger partial charge in [-0.15, -0.1) is 10.2 Å². The number of hydrogen-bond donors (Lipinski definition) is 1. The maximum atomic E-state index is 5.67. The van der Waals surface area contributed by atoms with Crippen LogP contribution in [0.2, 0.25) is 5.15 Å². The van der Waals surface area contributed by atoms with Crippen LogP contribution >= 0.6 is 11.6 Å². The third-order valence-electron chi connectivity index (χ3n) is 2.93. The van der Waals surface area contributed by atoms with E-state index < -0.39 is 0 Å². The zero-order chi connectivity index (χ0) is 11.4. The van der Waals surface area contributed by atoms with E-state index in [1.807, 2.05) is 6.07 Å². The van der Waals surface area contributed by atoms with Crippen LogP contribution in [0.4, 0.5) is 5.82 Å². The van der Waals surface area contributed by atoms with Gasteiger partial charge in [0.25, 0.3) is 0 Å². The molecule has 1 unspecified atom stereocenters. The normalized spacial score (nSPS) is 22.0. The van der Waals surface area contributed by atoms with Gasteiger partial charge in [-0.25, -0.2) is 0 Å². The molecule has 1 saturated heterocycles. The minimum Gasteiger partial charge on any atom is -0.368 e. The molecule has 4 nitrogen and oxygen atoms in total. The molecular weight excluding hydrogens is 224 g/mol. The maximum absolute atomic E-state index is 5.67. The van der Waals surface area contributed by atoms with E-state index in [-0.39, 0.29) is 0 Å². The van der Waals surface area contributed by atoms with Crippen molar-refractivity contribution in [1.82, 2.24) is 15.1 Å². The molecule has 1 aliphatic rings. The van der Waals surface area contributed by atoms with Crippen LogP contribution in [0.15, 0.2) is 12.1 Å². The molecule has 2 rings (SSSR count). The van der Waals surface area contributed by atoms with E-state index in [0.29, 0.717) is 11.1 Å². The van der Waals surface area contributed by atoms with E-state index in [4.69, 9.17) is 11.6 Å². The summed E-state index contributed by atoms with van der Waals surface area (Å²) in [5, 5.41) is 11.5. The number of aromatic nitrogens is 2. The standard InChI is InChI=1S/C11H17ClN4/c1-16-6-2-3-9(8-16)7-13-11-5-4-10(12)14-15-11/h4-5,9H,2-3,6-8H2,1H3,(H,13,15). The molecule has 2 heterocycles. The molecule has 1 aromatic heterocycles. The summed E-state index contributed by atoms with van der Waals surface area (Å²) in [7, 11) is 2.17. The Morgan fingerprint density at radius 1 is 1.50 bits per heavy atom. The molecule has 0 amide bonds. The molecule has 0 spiro atoms. The quantitative estimate of drug-likeness (QED) is 0.876. The van der Waals surface area contributed by atoms with Crippen LogP contribution in [0.25, 0.3) is 0 Å². The van der Waals surface area contributed by atoms with E-state index in [1.54, 1.807) is 6.07 Å². The number of halogens is 1. The number of nitrogens with zero attached hydrogens (tertiary/aromatic N) is 3. The molecule has 0 aromatic carbocycles. The lowest BCUT2D eigenvalue weighted by molar-refractivity contribution is 0.217. The summed E-state index contributed by atoms with van der Waals surface area (Å²) in [4.78, 5) is 2.38. The predicted octanol–water partition coefficient (Wildman–Crippen LogP) is 1.88. The second-order valence-electron chi connectivity index (χ2n) is 4.39. The lowest BCUT2D eigenvalue weighted by Gasteiger charge is -2.29. The maximum Gasteiger partial charge on any atom is 0.151 e. The van der Waals surface area contributed by atoms with Crippen LogP contribution in [0.3, 0.4) is 0 Å². The van der Waals surface area contributed by atoms with Crippen molar-refractivity contribution in [2.75, 3.05) is 32.0 Å². The van der Waals surface area contributed by atoms with E-state index in [0.717, 1.165) is 18.9 Å². The Hall–Kier alpha value is -0.870. The Balaban J connectivity index is 1.80. The number of likely N-dealkylation sites (tertiary alicyclic amines) is 1. The van der Waals surface area contributed by atoms with Gasteiger partial charge >= 0.3 is 0 Å². The molecule has 1 atom stereocenters. The number of nitrogens with one attached hydrogen (secondary N) is 1. The average Bonchev–Trinajstić information content (AvgIpc) is 2.28. The molecule has 1 fully saturated rings. The van der Waals surface area contributed by atoms with E-state index in [1.165, 1.54) is 19.4 Å². The first-order chi connectivity index (χ1) is 7.74. The molecule has 0 radical (unpaired) electrons. The second kappa shape index (κ2) is 5.46. The third-order valence-corrected chi connectivity index (χ3v) is 3.13. The molecule has 5 heteroatoms. The van der Waals surface area contributed by atoms with Crippen LogP contribution in [0, 0.1) is 5.92 Å². The fourth-order valence-corrected chi connectivity index (χ4v) is 2.20. The zero-order valence-corrected chi connectivity index (χ0v) is 10.2. The van der Waals surface area contributed by atoms with Gasteiger partial charge in [-0.3, -0.25) is 0 Å². The van der Waals surface area contributed by atoms with Gasteiger partial charge in [0.15, 0.2) is 5.15 Å². The average molecular weight is 241 g/mol. The van der Waals surface area contributed by atoms with Gasteiger partial charge in [-0.1, -0.05) is 11.6 Å². The second-order valence-corrected chi connectivity index (χ2v) is 4.78. The van der Waals surface area contributed by atoms with Crippen molar-refractivity contribution in [2.45, 2.75) is 12.8 Å². The summed E-state index contributed by atoms with van der Waals surface area (Å²) in [6.07, 6.45) is 2.58. The van der Waals surface area contributed by atoms with Gasteiger partial charge in [-0.05, 0) is 44.5 Å². The minimum absolute atomic E-state index is 0.433. The number of rotatable bonds is 3. The molecule has 0 saturated carbocycles. The van der Waals surface area contributed by atoms with E-state index in [2.05, 4.69) is 27.5 Å². The van der Waals surface area contributed by atoms with Gasteiger partial charge in [0.1, 0.15) is 5.82 Å². The van der Waals surface area contributed by atoms with Crippen LogP contribution in [0.5, 0.6) is 0 Å². The van der Waals surface area contributed by atoms with Crippen LogP contribution < -0.4 is 5.32 Å². The smallest absolute Gasteiger partial charge is 0.151 e. The SMILES string of the molecule is CN1CCCC(CNc2ccc(Cl)nn2)C1. The van der Waals surface area contributed by atoms with Crippen molar-refractivity contribution >= 4 is 17.4 Å².